The van der Waals surface area contributed by atoms with E-state index >= 15 is 0 Å². The molecule has 1 atom stereocenters. The molecule has 1 saturated heterocycles. The molecule has 9 heteroatoms. The average Bonchev–Trinajstić information content (AvgIpc) is 3.04. The molecule has 0 spiro atoms. The highest BCUT2D eigenvalue weighted by Gasteiger charge is 2.43. The van der Waals surface area contributed by atoms with Crippen LogP contribution < -0.4 is 16.6 Å². The Bertz CT molecular complexity index is 972. The van der Waals surface area contributed by atoms with Crippen molar-refractivity contribution >= 4 is 34.5 Å². The van der Waals surface area contributed by atoms with Crippen molar-refractivity contribution in [3.63, 3.8) is 0 Å². The Labute approximate surface area is 146 Å². The van der Waals surface area contributed by atoms with Crippen LogP contribution in [0.5, 0.6) is 0 Å². The van der Waals surface area contributed by atoms with Gasteiger partial charge in [0.25, 0.3) is 11.5 Å². The van der Waals surface area contributed by atoms with Crippen molar-refractivity contribution in [2.24, 2.45) is 0 Å². The van der Waals surface area contributed by atoms with Crippen LogP contribution in [0.3, 0.4) is 0 Å². The number of nitrogens with one attached hydrogen (secondary N) is 2. The highest BCUT2D eigenvalue weighted by molar-refractivity contribution is 7.99. The van der Waals surface area contributed by atoms with Crippen LogP contribution in [0.15, 0.2) is 27.8 Å². The Kier molecular flexibility index (Phi) is 4.42. The highest BCUT2D eigenvalue weighted by Crippen LogP contribution is 2.28. The zero-order chi connectivity index (χ0) is 18.2. The topological polar surface area (TPSA) is 121 Å². The highest BCUT2D eigenvalue weighted by atomic mass is 32.2. The van der Waals surface area contributed by atoms with Gasteiger partial charge < -0.3 is 15.4 Å². The van der Waals surface area contributed by atoms with E-state index < -0.39 is 28.7 Å². The number of aromatic nitrogens is 2. The molecule has 132 valence electrons. The number of H-pyrrole nitrogens is 1. The molecule has 3 rings (SSSR count). The van der Waals surface area contributed by atoms with E-state index in [9.17, 15) is 24.3 Å². The summed E-state index contributed by atoms with van der Waals surface area (Å²) >= 11 is 1.47. The SMILES string of the molecule is CCn1c(=O)[nH]c2cc(C(=O)NC3(C(=O)O)CCSC3)ccc2c1=O. The summed E-state index contributed by atoms with van der Waals surface area (Å²) in [5.41, 5.74) is -1.82. The van der Waals surface area contributed by atoms with E-state index in [0.29, 0.717) is 23.3 Å². The Morgan fingerprint density at radius 2 is 2.16 bits per heavy atom. The number of rotatable bonds is 4. The van der Waals surface area contributed by atoms with Crippen molar-refractivity contribution in [3.8, 4) is 0 Å². The summed E-state index contributed by atoms with van der Waals surface area (Å²) in [6, 6.07) is 4.31. The van der Waals surface area contributed by atoms with Gasteiger partial charge in [0, 0.05) is 17.9 Å². The number of carboxylic acid groups (broad SMARTS) is 1. The summed E-state index contributed by atoms with van der Waals surface area (Å²) in [4.78, 5) is 50.8. The second-order valence-corrected chi connectivity index (χ2v) is 6.99. The summed E-state index contributed by atoms with van der Waals surface area (Å²) in [5.74, 6) is -0.647. The molecule has 0 aliphatic carbocycles. The first kappa shape index (κ1) is 17.3. The smallest absolute Gasteiger partial charge is 0.330 e. The third-order valence-corrected chi connectivity index (χ3v) is 5.53. The first-order valence-electron chi connectivity index (χ1n) is 7.78. The van der Waals surface area contributed by atoms with E-state index in [4.69, 9.17) is 0 Å². The maximum atomic E-state index is 12.5. The fraction of sp³-hybridized carbons (Fsp3) is 0.375. The van der Waals surface area contributed by atoms with Crippen molar-refractivity contribution in [2.45, 2.75) is 25.4 Å². The van der Waals surface area contributed by atoms with Gasteiger partial charge in [-0.05, 0) is 37.3 Å². The molecule has 2 aromatic rings. The minimum Gasteiger partial charge on any atom is -0.479 e. The molecule has 0 saturated carbocycles. The predicted octanol–water partition coefficient (Wildman–Crippen LogP) is 0.400. The fourth-order valence-electron chi connectivity index (χ4n) is 2.86. The Morgan fingerprint density at radius 3 is 2.76 bits per heavy atom. The third-order valence-electron chi connectivity index (χ3n) is 4.34. The molecule has 25 heavy (non-hydrogen) atoms. The lowest BCUT2D eigenvalue weighted by Gasteiger charge is -2.24. The van der Waals surface area contributed by atoms with Crippen LogP contribution in [0, 0.1) is 0 Å². The van der Waals surface area contributed by atoms with Crippen LogP contribution in [0.1, 0.15) is 23.7 Å². The van der Waals surface area contributed by atoms with Gasteiger partial charge in [-0.3, -0.25) is 14.2 Å². The fourth-order valence-corrected chi connectivity index (χ4v) is 4.18. The maximum Gasteiger partial charge on any atom is 0.330 e. The van der Waals surface area contributed by atoms with Gasteiger partial charge in [-0.15, -0.1) is 0 Å². The number of amides is 1. The molecular weight excluding hydrogens is 346 g/mol. The number of carbonyl (C=O) groups is 2. The molecule has 8 nitrogen and oxygen atoms in total. The van der Waals surface area contributed by atoms with Crippen molar-refractivity contribution in [2.75, 3.05) is 11.5 Å². The molecule has 1 fully saturated rings. The summed E-state index contributed by atoms with van der Waals surface area (Å²) in [5, 5.41) is 12.3. The summed E-state index contributed by atoms with van der Waals surface area (Å²) in [6.07, 6.45) is 0.352. The monoisotopic (exact) mass is 363 g/mol. The van der Waals surface area contributed by atoms with Crippen LogP contribution in [-0.4, -0.2) is 43.6 Å². The number of hydrogen-bond donors (Lipinski definition) is 3. The lowest BCUT2D eigenvalue weighted by atomic mass is 9.98. The minimum atomic E-state index is -1.28. The van der Waals surface area contributed by atoms with Crippen molar-refractivity contribution in [1.29, 1.82) is 0 Å². The molecule has 1 aliphatic heterocycles. The number of hydrogen-bond acceptors (Lipinski definition) is 5. The summed E-state index contributed by atoms with van der Waals surface area (Å²) < 4.78 is 1.07. The normalized spacial score (nSPS) is 19.9. The first-order chi connectivity index (χ1) is 11.9. The van der Waals surface area contributed by atoms with Crippen LogP contribution in [0.2, 0.25) is 0 Å². The molecule has 3 N–H and O–H groups in total. The summed E-state index contributed by atoms with van der Waals surface area (Å²) in [7, 11) is 0. The molecule has 1 unspecified atom stereocenters. The van der Waals surface area contributed by atoms with Gasteiger partial charge in [0.05, 0.1) is 10.9 Å². The quantitative estimate of drug-likeness (QED) is 0.723. The van der Waals surface area contributed by atoms with E-state index in [-0.39, 0.29) is 17.6 Å². The van der Waals surface area contributed by atoms with Crippen LogP contribution in [-0.2, 0) is 11.3 Å². The number of fused-ring (bicyclic) bond motifs is 1. The first-order valence-corrected chi connectivity index (χ1v) is 8.94. The lowest BCUT2D eigenvalue weighted by molar-refractivity contribution is -0.143. The molecular formula is C16H17N3O5S. The molecule has 1 aromatic heterocycles. The number of thioether (sulfide) groups is 1. The molecule has 1 aromatic carbocycles. The molecule has 0 bridgehead atoms. The lowest BCUT2D eigenvalue weighted by Crippen LogP contribution is -2.54. The zero-order valence-electron chi connectivity index (χ0n) is 13.5. The number of aliphatic carboxylic acids is 1. The largest absolute Gasteiger partial charge is 0.479 e. The zero-order valence-corrected chi connectivity index (χ0v) is 14.3. The number of carboxylic acids is 1. The van der Waals surface area contributed by atoms with Crippen molar-refractivity contribution < 1.29 is 14.7 Å². The molecule has 2 heterocycles. The second kappa shape index (κ2) is 6.40. The average molecular weight is 363 g/mol. The molecule has 1 aliphatic rings. The Hall–Kier alpha value is -2.55. The number of aromatic amines is 1. The number of carbonyl (C=O) groups excluding carboxylic acids is 1. The van der Waals surface area contributed by atoms with Crippen LogP contribution in [0.25, 0.3) is 10.9 Å². The second-order valence-electron chi connectivity index (χ2n) is 5.88. The minimum absolute atomic E-state index is 0.189. The van der Waals surface area contributed by atoms with Gasteiger partial charge >= 0.3 is 11.7 Å². The van der Waals surface area contributed by atoms with E-state index in [1.807, 2.05) is 0 Å². The van der Waals surface area contributed by atoms with Gasteiger partial charge in [-0.25, -0.2) is 9.59 Å². The van der Waals surface area contributed by atoms with Crippen LogP contribution in [0.4, 0.5) is 0 Å². The van der Waals surface area contributed by atoms with Gasteiger partial charge in [0.1, 0.15) is 5.54 Å². The maximum absolute atomic E-state index is 12.5. The van der Waals surface area contributed by atoms with E-state index in [1.165, 1.54) is 30.0 Å². The van der Waals surface area contributed by atoms with Gasteiger partial charge in [0.15, 0.2) is 0 Å². The Morgan fingerprint density at radius 1 is 1.40 bits per heavy atom. The predicted molar refractivity (Wildman–Crippen MR) is 94.3 cm³/mol. The summed E-state index contributed by atoms with van der Waals surface area (Å²) in [6.45, 7) is 1.93. The number of benzene rings is 1. The van der Waals surface area contributed by atoms with E-state index in [2.05, 4.69) is 10.3 Å². The third kappa shape index (κ3) is 2.95. The molecule has 1 amide bonds. The molecule has 0 radical (unpaired) electrons. The standard InChI is InChI=1S/C16H17N3O5S/c1-2-19-13(21)10-4-3-9(7-11(10)17-15(19)24)12(20)18-16(14(22)23)5-6-25-8-16/h3-4,7H,2,5-6,8H2,1H3,(H,17,24)(H,18,20)(H,22,23). The van der Waals surface area contributed by atoms with Gasteiger partial charge in [-0.1, -0.05) is 0 Å². The van der Waals surface area contributed by atoms with Crippen molar-refractivity contribution in [3.05, 3.63) is 44.6 Å². The van der Waals surface area contributed by atoms with E-state index in [1.54, 1.807) is 6.92 Å². The number of nitrogens with zero attached hydrogens (tertiary/aromatic N) is 1. The van der Waals surface area contributed by atoms with Crippen molar-refractivity contribution in [1.82, 2.24) is 14.9 Å². The Balaban J connectivity index is 1.99. The van der Waals surface area contributed by atoms with Gasteiger partial charge in [-0.2, -0.15) is 11.8 Å². The van der Waals surface area contributed by atoms with E-state index in [0.717, 1.165) is 4.57 Å². The van der Waals surface area contributed by atoms with Gasteiger partial charge in [0.2, 0.25) is 0 Å². The van der Waals surface area contributed by atoms with Crippen LogP contribution >= 0.6 is 11.8 Å².